The smallest absolute Gasteiger partial charge is 0.224 e. The zero-order chi connectivity index (χ0) is 17.8. The fraction of sp³-hybridized carbons (Fsp3) is 0.889. The van der Waals surface area contributed by atoms with Gasteiger partial charge in [-0.1, -0.05) is 6.92 Å². The van der Waals surface area contributed by atoms with Crippen LogP contribution in [-0.4, -0.2) is 73.5 Å². The average molecular weight is 467 g/mol. The molecule has 0 aromatic rings. The summed E-state index contributed by atoms with van der Waals surface area (Å²) in [7, 11) is 0. The van der Waals surface area contributed by atoms with Gasteiger partial charge in [-0.25, -0.2) is 0 Å². The zero-order valence-corrected chi connectivity index (χ0v) is 18.8. The Labute approximate surface area is 171 Å². The van der Waals surface area contributed by atoms with E-state index in [1.54, 1.807) is 0 Å². The minimum atomic E-state index is 0. The number of hydrogen-bond donors (Lipinski definition) is 2. The number of likely N-dealkylation sites (tertiary alicyclic amines) is 1. The maximum Gasteiger partial charge on any atom is 0.224 e. The molecular formula is C18H38IN5O. The molecule has 0 bridgehead atoms. The van der Waals surface area contributed by atoms with Crippen molar-refractivity contribution in [1.82, 2.24) is 20.4 Å². The number of aliphatic imine (C=N–C) groups is 1. The Morgan fingerprint density at radius 3 is 2.28 bits per heavy atom. The van der Waals surface area contributed by atoms with Crippen molar-refractivity contribution in [1.29, 1.82) is 0 Å². The van der Waals surface area contributed by atoms with Crippen molar-refractivity contribution in [2.24, 2.45) is 4.99 Å². The number of guanidine groups is 1. The molecule has 1 unspecified atom stereocenters. The molecular weight excluding hydrogens is 429 g/mol. The lowest BCUT2D eigenvalue weighted by atomic mass is 10.2. The average Bonchev–Trinajstić information content (AvgIpc) is 3.11. The van der Waals surface area contributed by atoms with E-state index < -0.39 is 0 Å². The summed E-state index contributed by atoms with van der Waals surface area (Å²) >= 11 is 0. The molecule has 0 aromatic heterocycles. The van der Waals surface area contributed by atoms with Gasteiger partial charge in [0, 0.05) is 38.6 Å². The van der Waals surface area contributed by atoms with Gasteiger partial charge in [-0.2, -0.15) is 0 Å². The highest BCUT2D eigenvalue weighted by Gasteiger charge is 2.20. The van der Waals surface area contributed by atoms with Crippen LogP contribution in [0.3, 0.4) is 0 Å². The molecule has 6 nitrogen and oxygen atoms in total. The van der Waals surface area contributed by atoms with Gasteiger partial charge in [0.1, 0.15) is 0 Å². The maximum absolute atomic E-state index is 12.1. The van der Waals surface area contributed by atoms with Crippen molar-refractivity contribution in [3.8, 4) is 0 Å². The third-order valence-corrected chi connectivity index (χ3v) is 4.68. The molecule has 1 aliphatic heterocycles. The largest absolute Gasteiger partial charge is 0.357 e. The summed E-state index contributed by atoms with van der Waals surface area (Å²) in [5.41, 5.74) is 0. The molecule has 0 aromatic carbocycles. The standard InChI is InChI=1S/C18H37N5O.HI/c1-5-16(23-13-9-10-14-23)15-21-18(19-6-2)20-12-11-17(24)22(7-3)8-4;/h16H,5-15H2,1-4H3,(H2,19,20,21);1H. The van der Waals surface area contributed by atoms with Gasteiger partial charge in [-0.05, 0) is 53.1 Å². The molecule has 1 saturated heterocycles. The second kappa shape index (κ2) is 14.6. The number of rotatable bonds is 10. The molecule has 25 heavy (non-hydrogen) atoms. The second-order valence-corrected chi connectivity index (χ2v) is 6.27. The van der Waals surface area contributed by atoms with Gasteiger partial charge in [-0.3, -0.25) is 14.7 Å². The van der Waals surface area contributed by atoms with E-state index in [9.17, 15) is 4.79 Å². The van der Waals surface area contributed by atoms with Crippen LogP contribution in [-0.2, 0) is 4.79 Å². The number of carbonyl (C=O) groups is 1. The molecule has 0 radical (unpaired) electrons. The van der Waals surface area contributed by atoms with E-state index in [2.05, 4.69) is 29.4 Å². The molecule has 1 amide bonds. The fourth-order valence-corrected chi connectivity index (χ4v) is 3.17. The van der Waals surface area contributed by atoms with Gasteiger partial charge >= 0.3 is 0 Å². The number of nitrogens with one attached hydrogen (secondary N) is 2. The number of carbonyl (C=O) groups excluding carboxylic acids is 1. The summed E-state index contributed by atoms with van der Waals surface area (Å²) in [6, 6.07) is 0.528. The van der Waals surface area contributed by atoms with Crippen molar-refractivity contribution in [3.05, 3.63) is 0 Å². The highest BCUT2D eigenvalue weighted by atomic mass is 127. The van der Waals surface area contributed by atoms with Crippen LogP contribution in [0.5, 0.6) is 0 Å². The molecule has 148 valence electrons. The van der Waals surface area contributed by atoms with E-state index in [0.717, 1.165) is 38.6 Å². The lowest BCUT2D eigenvalue weighted by molar-refractivity contribution is -0.130. The zero-order valence-electron chi connectivity index (χ0n) is 16.5. The van der Waals surface area contributed by atoms with E-state index in [1.807, 2.05) is 18.7 Å². The molecule has 1 heterocycles. The first-order chi connectivity index (χ1) is 11.7. The SMILES string of the molecule is CCNC(=NCC(CC)N1CCCC1)NCCC(=O)N(CC)CC.I. The Morgan fingerprint density at radius 1 is 1.12 bits per heavy atom. The topological polar surface area (TPSA) is 60.0 Å². The van der Waals surface area contributed by atoms with Crippen LogP contribution in [0.4, 0.5) is 0 Å². The lowest BCUT2D eigenvalue weighted by Crippen LogP contribution is -2.41. The van der Waals surface area contributed by atoms with Crippen LogP contribution in [0.2, 0.25) is 0 Å². The first-order valence-corrected chi connectivity index (χ1v) is 9.70. The molecule has 0 spiro atoms. The van der Waals surface area contributed by atoms with Crippen LogP contribution in [0.1, 0.15) is 53.4 Å². The molecule has 1 atom stereocenters. The minimum Gasteiger partial charge on any atom is -0.357 e. The molecule has 7 heteroatoms. The molecule has 1 aliphatic rings. The lowest BCUT2D eigenvalue weighted by Gasteiger charge is -2.25. The van der Waals surface area contributed by atoms with Gasteiger partial charge < -0.3 is 15.5 Å². The van der Waals surface area contributed by atoms with Crippen molar-refractivity contribution in [3.63, 3.8) is 0 Å². The summed E-state index contributed by atoms with van der Waals surface area (Å²) in [4.78, 5) is 21.2. The number of hydrogen-bond acceptors (Lipinski definition) is 3. The van der Waals surface area contributed by atoms with Gasteiger partial charge in [0.2, 0.25) is 5.91 Å². The fourth-order valence-electron chi connectivity index (χ4n) is 3.17. The quantitative estimate of drug-likeness (QED) is 0.294. The first-order valence-electron chi connectivity index (χ1n) is 9.70. The van der Waals surface area contributed by atoms with Crippen LogP contribution in [0, 0.1) is 0 Å². The highest BCUT2D eigenvalue weighted by Crippen LogP contribution is 2.14. The summed E-state index contributed by atoms with van der Waals surface area (Å²) in [5, 5.41) is 6.58. The van der Waals surface area contributed by atoms with E-state index in [0.29, 0.717) is 19.0 Å². The normalized spacial score (nSPS) is 16.2. The third kappa shape index (κ3) is 9.08. The summed E-state index contributed by atoms with van der Waals surface area (Å²) < 4.78 is 0. The van der Waals surface area contributed by atoms with Gasteiger partial charge in [0.05, 0.1) is 6.54 Å². The van der Waals surface area contributed by atoms with Crippen LogP contribution in [0.15, 0.2) is 4.99 Å². The summed E-state index contributed by atoms with van der Waals surface area (Å²) in [6.07, 6.45) is 4.26. The first kappa shape index (κ1) is 24.4. The van der Waals surface area contributed by atoms with Gasteiger partial charge in [0.15, 0.2) is 5.96 Å². The van der Waals surface area contributed by atoms with E-state index in [-0.39, 0.29) is 29.9 Å². The van der Waals surface area contributed by atoms with E-state index >= 15 is 0 Å². The molecule has 2 N–H and O–H groups in total. The monoisotopic (exact) mass is 467 g/mol. The number of amides is 1. The number of halogens is 1. The highest BCUT2D eigenvalue weighted by molar-refractivity contribution is 14.0. The Balaban J connectivity index is 0.00000576. The van der Waals surface area contributed by atoms with Gasteiger partial charge in [0.25, 0.3) is 0 Å². The summed E-state index contributed by atoms with van der Waals surface area (Å²) in [6.45, 7) is 14.6. The summed E-state index contributed by atoms with van der Waals surface area (Å²) in [5.74, 6) is 1.02. The molecule has 1 rings (SSSR count). The Hall–Kier alpha value is -0.570. The number of nitrogens with zero attached hydrogens (tertiary/aromatic N) is 3. The van der Waals surface area contributed by atoms with Crippen molar-refractivity contribution < 1.29 is 4.79 Å². The third-order valence-electron chi connectivity index (χ3n) is 4.68. The molecule has 0 saturated carbocycles. The van der Waals surface area contributed by atoms with Crippen molar-refractivity contribution in [2.75, 3.05) is 45.8 Å². The predicted molar refractivity (Wildman–Crippen MR) is 117 cm³/mol. The second-order valence-electron chi connectivity index (χ2n) is 6.27. The van der Waals surface area contributed by atoms with Crippen LogP contribution in [0.25, 0.3) is 0 Å². The van der Waals surface area contributed by atoms with Crippen molar-refractivity contribution >= 4 is 35.8 Å². The molecule has 0 aliphatic carbocycles. The van der Waals surface area contributed by atoms with Crippen LogP contribution < -0.4 is 10.6 Å². The Kier molecular flexibility index (Phi) is 14.3. The predicted octanol–water partition coefficient (Wildman–Crippen LogP) is 2.29. The Bertz CT molecular complexity index is 382. The van der Waals surface area contributed by atoms with E-state index in [4.69, 9.17) is 4.99 Å². The Morgan fingerprint density at radius 2 is 1.76 bits per heavy atom. The van der Waals surface area contributed by atoms with E-state index in [1.165, 1.54) is 25.9 Å². The maximum atomic E-state index is 12.1. The van der Waals surface area contributed by atoms with Crippen molar-refractivity contribution in [2.45, 2.75) is 59.4 Å². The molecule has 1 fully saturated rings. The van der Waals surface area contributed by atoms with Crippen LogP contribution >= 0.6 is 24.0 Å². The van der Waals surface area contributed by atoms with Gasteiger partial charge in [-0.15, -0.1) is 24.0 Å². The minimum absolute atomic E-state index is 0.